The van der Waals surface area contributed by atoms with Crippen molar-refractivity contribution in [1.29, 1.82) is 0 Å². The number of ketones is 1. The topological polar surface area (TPSA) is 20.3 Å². The predicted octanol–water partition coefficient (Wildman–Crippen LogP) is 3.74. The molecule has 0 spiro atoms. The Morgan fingerprint density at radius 3 is 2.35 bits per heavy atom. The maximum absolute atomic E-state index is 11.3. The number of benzene rings is 1. The SMILES string of the molecule is CC(=O)c1ccc(N2CC(C)C(C)C2)c(Br)c1. The highest BCUT2D eigenvalue weighted by atomic mass is 79.9. The van der Waals surface area contributed by atoms with E-state index in [-0.39, 0.29) is 5.78 Å². The van der Waals surface area contributed by atoms with Gasteiger partial charge in [0, 0.05) is 23.1 Å². The molecule has 1 aromatic carbocycles. The molecule has 2 atom stereocenters. The fraction of sp³-hybridized carbons (Fsp3) is 0.500. The molecule has 1 fully saturated rings. The molecular weight excluding hydrogens is 278 g/mol. The Labute approximate surface area is 111 Å². The second-order valence-electron chi connectivity index (χ2n) is 5.08. The maximum Gasteiger partial charge on any atom is 0.159 e. The lowest BCUT2D eigenvalue weighted by Crippen LogP contribution is -2.20. The summed E-state index contributed by atoms with van der Waals surface area (Å²) in [4.78, 5) is 13.7. The molecule has 3 heteroatoms. The van der Waals surface area contributed by atoms with Crippen molar-refractivity contribution < 1.29 is 4.79 Å². The van der Waals surface area contributed by atoms with Crippen molar-refractivity contribution in [3.05, 3.63) is 28.2 Å². The normalized spacial score (nSPS) is 24.1. The summed E-state index contributed by atoms with van der Waals surface area (Å²) >= 11 is 3.57. The number of nitrogens with zero attached hydrogens (tertiary/aromatic N) is 1. The summed E-state index contributed by atoms with van der Waals surface area (Å²) in [5.41, 5.74) is 1.96. The third-order valence-corrected chi connectivity index (χ3v) is 4.32. The van der Waals surface area contributed by atoms with E-state index >= 15 is 0 Å². The molecular formula is C14H18BrNO. The van der Waals surface area contributed by atoms with Crippen molar-refractivity contribution in [3.8, 4) is 0 Å². The Morgan fingerprint density at radius 1 is 1.29 bits per heavy atom. The van der Waals surface area contributed by atoms with E-state index in [9.17, 15) is 4.79 Å². The molecule has 0 aliphatic carbocycles. The minimum atomic E-state index is 0.111. The van der Waals surface area contributed by atoms with Crippen LogP contribution < -0.4 is 4.90 Å². The number of halogens is 1. The lowest BCUT2D eigenvalue weighted by Gasteiger charge is -2.20. The molecule has 0 amide bonds. The van der Waals surface area contributed by atoms with Crippen molar-refractivity contribution in [3.63, 3.8) is 0 Å². The van der Waals surface area contributed by atoms with Gasteiger partial charge in [-0.2, -0.15) is 0 Å². The Bertz CT molecular complexity index is 434. The second kappa shape index (κ2) is 4.81. The second-order valence-corrected chi connectivity index (χ2v) is 5.94. The molecule has 0 saturated carbocycles. The van der Waals surface area contributed by atoms with Gasteiger partial charge in [0.15, 0.2) is 5.78 Å². The van der Waals surface area contributed by atoms with Crippen molar-refractivity contribution in [2.45, 2.75) is 20.8 Å². The molecule has 0 bridgehead atoms. The predicted molar refractivity (Wildman–Crippen MR) is 74.7 cm³/mol. The summed E-state index contributed by atoms with van der Waals surface area (Å²) < 4.78 is 1.02. The lowest BCUT2D eigenvalue weighted by molar-refractivity contribution is 0.101. The number of carbonyl (C=O) groups excluding carboxylic acids is 1. The van der Waals surface area contributed by atoms with Gasteiger partial charge in [-0.1, -0.05) is 13.8 Å². The molecule has 0 N–H and O–H groups in total. The molecule has 17 heavy (non-hydrogen) atoms. The van der Waals surface area contributed by atoms with Crippen LogP contribution in [-0.2, 0) is 0 Å². The van der Waals surface area contributed by atoms with Crippen molar-refractivity contribution in [2.24, 2.45) is 11.8 Å². The first-order chi connectivity index (χ1) is 7.99. The average Bonchev–Trinajstić information content (AvgIpc) is 2.58. The minimum Gasteiger partial charge on any atom is -0.370 e. The first-order valence-corrected chi connectivity index (χ1v) is 6.83. The van der Waals surface area contributed by atoms with Gasteiger partial charge in [-0.3, -0.25) is 4.79 Å². The number of hydrogen-bond donors (Lipinski definition) is 0. The van der Waals surface area contributed by atoms with Crippen molar-refractivity contribution in [2.75, 3.05) is 18.0 Å². The zero-order valence-corrected chi connectivity index (χ0v) is 12.1. The zero-order valence-electron chi connectivity index (χ0n) is 10.5. The standard InChI is InChI=1S/C14H18BrNO/c1-9-7-16(8-10(9)2)14-5-4-12(11(3)17)6-13(14)15/h4-6,9-10H,7-8H2,1-3H3. The van der Waals surface area contributed by atoms with Crippen LogP contribution in [0.4, 0.5) is 5.69 Å². The highest BCUT2D eigenvalue weighted by molar-refractivity contribution is 9.10. The van der Waals surface area contributed by atoms with Gasteiger partial charge in [0.05, 0.1) is 5.69 Å². The molecule has 1 saturated heterocycles. The van der Waals surface area contributed by atoms with Crippen LogP contribution in [0.15, 0.2) is 22.7 Å². The van der Waals surface area contributed by atoms with E-state index in [0.717, 1.165) is 35.0 Å². The molecule has 2 rings (SSSR count). The number of Topliss-reactive ketones (excluding diaryl/α,β-unsaturated/α-hetero) is 1. The van der Waals surface area contributed by atoms with Gasteiger partial charge in [-0.15, -0.1) is 0 Å². The highest BCUT2D eigenvalue weighted by Gasteiger charge is 2.27. The van der Waals surface area contributed by atoms with Gasteiger partial charge in [0.25, 0.3) is 0 Å². The van der Waals surface area contributed by atoms with E-state index in [1.54, 1.807) is 6.92 Å². The van der Waals surface area contributed by atoms with Gasteiger partial charge >= 0.3 is 0 Å². The Balaban J connectivity index is 2.26. The molecule has 1 aliphatic rings. The molecule has 2 nitrogen and oxygen atoms in total. The Kier molecular flexibility index (Phi) is 3.57. The summed E-state index contributed by atoms with van der Waals surface area (Å²) in [6.45, 7) is 8.38. The number of carbonyl (C=O) groups is 1. The smallest absolute Gasteiger partial charge is 0.159 e. The fourth-order valence-corrected chi connectivity index (χ4v) is 2.94. The van der Waals surface area contributed by atoms with Crippen molar-refractivity contribution >= 4 is 27.4 Å². The van der Waals surface area contributed by atoms with Crippen LogP contribution in [0.3, 0.4) is 0 Å². The van der Waals surface area contributed by atoms with Crippen LogP contribution >= 0.6 is 15.9 Å². The number of rotatable bonds is 2. The third-order valence-electron chi connectivity index (χ3n) is 3.68. The van der Waals surface area contributed by atoms with Gasteiger partial charge in [0.1, 0.15) is 0 Å². The van der Waals surface area contributed by atoms with Crippen LogP contribution in [0.2, 0.25) is 0 Å². The van der Waals surface area contributed by atoms with E-state index < -0.39 is 0 Å². The van der Waals surface area contributed by atoms with Crippen LogP contribution in [0.1, 0.15) is 31.1 Å². The first kappa shape index (κ1) is 12.6. The molecule has 1 aromatic rings. The third kappa shape index (κ3) is 2.54. The monoisotopic (exact) mass is 295 g/mol. The maximum atomic E-state index is 11.3. The van der Waals surface area contributed by atoms with Gasteiger partial charge in [-0.25, -0.2) is 0 Å². The summed E-state index contributed by atoms with van der Waals surface area (Å²) in [5.74, 6) is 1.57. The summed E-state index contributed by atoms with van der Waals surface area (Å²) in [5, 5.41) is 0. The van der Waals surface area contributed by atoms with E-state index in [1.165, 1.54) is 5.69 Å². The Hall–Kier alpha value is -0.830. The molecule has 2 unspecified atom stereocenters. The molecule has 0 aromatic heterocycles. The van der Waals surface area contributed by atoms with Crippen LogP contribution in [0.25, 0.3) is 0 Å². The largest absolute Gasteiger partial charge is 0.370 e. The van der Waals surface area contributed by atoms with Gasteiger partial charge in [0.2, 0.25) is 0 Å². The van der Waals surface area contributed by atoms with E-state index in [2.05, 4.69) is 34.7 Å². The summed E-state index contributed by atoms with van der Waals surface area (Å²) in [6.07, 6.45) is 0. The average molecular weight is 296 g/mol. The molecule has 0 radical (unpaired) electrons. The van der Waals surface area contributed by atoms with E-state index in [4.69, 9.17) is 0 Å². The first-order valence-electron chi connectivity index (χ1n) is 6.04. The Morgan fingerprint density at radius 2 is 1.88 bits per heavy atom. The zero-order chi connectivity index (χ0) is 12.6. The quantitative estimate of drug-likeness (QED) is 0.775. The number of anilines is 1. The van der Waals surface area contributed by atoms with E-state index in [1.807, 2.05) is 18.2 Å². The van der Waals surface area contributed by atoms with Crippen LogP contribution in [0.5, 0.6) is 0 Å². The van der Waals surface area contributed by atoms with Gasteiger partial charge in [-0.05, 0) is 52.9 Å². The molecule has 1 aliphatic heterocycles. The van der Waals surface area contributed by atoms with Crippen LogP contribution in [0, 0.1) is 11.8 Å². The molecule has 1 heterocycles. The van der Waals surface area contributed by atoms with E-state index in [0.29, 0.717) is 0 Å². The highest BCUT2D eigenvalue weighted by Crippen LogP contribution is 2.33. The number of hydrogen-bond acceptors (Lipinski definition) is 2. The van der Waals surface area contributed by atoms with Gasteiger partial charge < -0.3 is 4.90 Å². The fourth-order valence-electron chi connectivity index (χ4n) is 2.31. The minimum absolute atomic E-state index is 0.111. The van der Waals surface area contributed by atoms with Crippen LogP contribution in [-0.4, -0.2) is 18.9 Å². The summed E-state index contributed by atoms with van der Waals surface area (Å²) in [6, 6.07) is 5.88. The van der Waals surface area contributed by atoms with Crippen molar-refractivity contribution in [1.82, 2.24) is 0 Å². The molecule has 92 valence electrons. The summed E-state index contributed by atoms with van der Waals surface area (Å²) in [7, 11) is 0. The lowest BCUT2D eigenvalue weighted by atomic mass is 10.0.